The Hall–Kier alpha value is 0.0200. The molecule has 2 atom stereocenters. The molecule has 0 aliphatic heterocycles. The molecule has 2 unspecified atom stereocenters. The van der Waals surface area contributed by atoms with Crippen LogP contribution < -0.4 is 0 Å². The molecule has 0 bridgehead atoms. The summed E-state index contributed by atoms with van der Waals surface area (Å²) in [6, 6.07) is 0. The van der Waals surface area contributed by atoms with E-state index in [2.05, 4.69) is 6.92 Å². The van der Waals surface area contributed by atoms with Crippen LogP contribution in [0.1, 0.15) is 26.2 Å². The van der Waals surface area contributed by atoms with E-state index in [9.17, 15) is 4.57 Å². The van der Waals surface area contributed by atoms with Crippen molar-refractivity contribution in [3.63, 3.8) is 0 Å². The fourth-order valence-electron chi connectivity index (χ4n) is 0.954. The summed E-state index contributed by atoms with van der Waals surface area (Å²) in [5.41, 5.74) is 0. The van der Waals surface area contributed by atoms with Gasteiger partial charge in [0.25, 0.3) is 0 Å². The lowest BCUT2D eigenvalue weighted by Crippen LogP contribution is -2.08. The Kier molecular flexibility index (Phi) is 6.73. The van der Waals surface area contributed by atoms with E-state index < -0.39 is 8.03 Å². The van der Waals surface area contributed by atoms with Gasteiger partial charge in [0.15, 0.2) is 6.16 Å². The Balaban J connectivity index is 3.49. The smallest absolute Gasteiger partial charge is 0.396 e. The zero-order valence-electron chi connectivity index (χ0n) is 6.86. The normalized spacial score (nSPS) is 14.6. The molecular formula is C7H16O3P+. The first-order valence-electron chi connectivity index (χ1n) is 3.95. The lowest BCUT2D eigenvalue weighted by atomic mass is 10.1. The van der Waals surface area contributed by atoms with Crippen molar-refractivity contribution in [2.75, 3.05) is 12.8 Å². The molecule has 0 aromatic carbocycles. The van der Waals surface area contributed by atoms with E-state index in [-0.39, 0.29) is 18.7 Å². The monoisotopic (exact) mass is 179 g/mol. The molecule has 0 rings (SSSR count). The Labute approximate surface area is 68.3 Å². The average Bonchev–Trinajstić information content (AvgIpc) is 1.97. The third-order valence-corrected chi connectivity index (χ3v) is 2.47. The van der Waals surface area contributed by atoms with Gasteiger partial charge in [0.1, 0.15) is 0 Å². The van der Waals surface area contributed by atoms with Gasteiger partial charge in [-0.15, -0.1) is 0 Å². The minimum absolute atomic E-state index is 0.0172. The van der Waals surface area contributed by atoms with Crippen molar-refractivity contribution in [1.82, 2.24) is 0 Å². The number of aliphatic hydroxyl groups excluding tert-OH is 1. The third-order valence-electron chi connectivity index (χ3n) is 1.64. The zero-order valence-corrected chi connectivity index (χ0v) is 7.76. The van der Waals surface area contributed by atoms with E-state index in [4.69, 9.17) is 10.00 Å². The van der Waals surface area contributed by atoms with Gasteiger partial charge in [0.05, 0.1) is 6.61 Å². The molecule has 2 N–H and O–H groups in total. The van der Waals surface area contributed by atoms with Crippen molar-refractivity contribution < 1.29 is 14.6 Å². The molecule has 0 saturated heterocycles. The minimum atomic E-state index is -2.07. The number of unbranched alkanes of at least 4 members (excludes halogenated alkanes) is 1. The van der Waals surface area contributed by atoms with E-state index in [1.807, 2.05) is 0 Å². The maximum atomic E-state index is 10.4. The Morgan fingerprint density at radius 2 is 2.18 bits per heavy atom. The summed E-state index contributed by atoms with van der Waals surface area (Å²) in [6.07, 6.45) is 3.19. The fourth-order valence-corrected chi connectivity index (χ4v) is 1.69. The van der Waals surface area contributed by atoms with Crippen LogP contribution in [0.3, 0.4) is 0 Å². The first-order chi connectivity index (χ1) is 5.20. The van der Waals surface area contributed by atoms with E-state index in [1.54, 1.807) is 0 Å². The van der Waals surface area contributed by atoms with Crippen molar-refractivity contribution in [2.45, 2.75) is 26.2 Å². The molecule has 4 heteroatoms. The van der Waals surface area contributed by atoms with Gasteiger partial charge in [-0.3, -0.25) is 0 Å². The summed E-state index contributed by atoms with van der Waals surface area (Å²) in [5, 5.41) is 8.76. The van der Waals surface area contributed by atoms with Gasteiger partial charge in [-0.05, 0) is 11.0 Å². The molecule has 0 radical (unpaired) electrons. The molecule has 0 heterocycles. The van der Waals surface area contributed by atoms with E-state index >= 15 is 0 Å². The molecule has 0 amide bonds. The highest BCUT2D eigenvalue weighted by Crippen LogP contribution is 2.21. The van der Waals surface area contributed by atoms with Crippen molar-refractivity contribution in [3.8, 4) is 0 Å². The predicted octanol–water partition coefficient (Wildman–Crippen LogP) is 1.52. The summed E-state index contributed by atoms with van der Waals surface area (Å²) < 4.78 is 10.4. The summed E-state index contributed by atoms with van der Waals surface area (Å²) in [6.45, 7) is 2.09. The molecule has 11 heavy (non-hydrogen) atoms. The standard InChI is InChI=1S/C7H15O3P/c1-2-3-4-7(5-8)6-11(9)10/h7-8H,2-6H2,1H3/p+1. The lowest BCUT2D eigenvalue weighted by molar-refractivity contribution is 0.228. The molecule has 0 aromatic heterocycles. The summed E-state index contributed by atoms with van der Waals surface area (Å²) in [7, 11) is -2.07. The van der Waals surface area contributed by atoms with E-state index in [0.717, 1.165) is 19.3 Å². The van der Waals surface area contributed by atoms with Crippen LogP contribution in [0, 0.1) is 5.92 Å². The van der Waals surface area contributed by atoms with Crippen LogP contribution in [0.4, 0.5) is 0 Å². The van der Waals surface area contributed by atoms with Gasteiger partial charge in [-0.25, -0.2) is 0 Å². The second kappa shape index (κ2) is 6.71. The van der Waals surface area contributed by atoms with Crippen LogP contribution in [-0.2, 0) is 4.57 Å². The first-order valence-corrected chi connectivity index (χ1v) is 5.34. The second-order valence-corrected chi connectivity index (χ2v) is 3.80. The van der Waals surface area contributed by atoms with E-state index in [1.165, 1.54) is 0 Å². The number of hydrogen-bond acceptors (Lipinski definition) is 2. The number of hydrogen-bond donors (Lipinski definition) is 2. The Bertz CT molecular complexity index is 116. The summed E-state index contributed by atoms with van der Waals surface area (Å²) in [4.78, 5) is 8.55. The van der Waals surface area contributed by atoms with Crippen LogP contribution in [0.2, 0.25) is 0 Å². The average molecular weight is 179 g/mol. The lowest BCUT2D eigenvalue weighted by Gasteiger charge is -2.05. The highest BCUT2D eigenvalue weighted by atomic mass is 31.1. The van der Waals surface area contributed by atoms with Crippen molar-refractivity contribution in [1.29, 1.82) is 0 Å². The molecule has 66 valence electrons. The highest BCUT2D eigenvalue weighted by molar-refractivity contribution is 7.38. The first kappa shape index (κ1) is 11.0. The molecule has 3 nitrogen and oxygen atoms in total. The third kappa shape index (κ3) is 6.42. The van der Waals surface area contributed by atoms with Gasteiger partial charge in [-0.2, -0.15) is 4.89 Å². The number of aliphatic hydroxyl groups is 1. The van der Waals surface area contributed by atoms with E-state index in [0.29, 0.717) is 0 Å². The quantitative estimate of drug-likeness (QED) is 0.608. The summed E-state index contributed by atoms with van der Waals surface area (Å²) in [5.74, 6) is 0.0172. The van der Waals surface area contributed by atoms with Crippen LogP contribution in [0.25, 0.3) is 0 Å². The molecule has 0 aliphatic rings. The molecule has 0 aliphatic carbocycles. The van der Waals surface area contributed by atoms with Gasteiger partial charge < -0.3 is 5.11 Å². The van der Waals surface area contributed by atoms with Crippen LogP contribution >= 0.6 is 8.03 Å². The van der Waals surface area contributed by atoms with Crippen LogP contribution in [-0.4, -0.2) is 22.8 Å². The minimum Gasteiger partial charge on any atom is -0.396 e. The molecule has 0 saturated carbocycles. The van der Waals surface area contributed by atoms with Crippen molar-refractivity contribution in [2.24, 2.45) is 5.92 Å². The SMILES string of the molecule is CCCCC(CO)C[P+](=O)O. The Morgan fingerprint density at radius 3 is 2.55 bits per heavy atom. The topological polar surface area (TPSA) is 57.5 Å². The van der Waals surface area contributed by atoms with Gasteiger partial charge in [0.2, 0.25) is 0 Å². The zero-order chi connectivity index (χ0) is 8.69. The molecular weight excluding hydrogens is 163 g/mol. The van der Waals surface area contributed by atoms with Crippen molar-refractivity contribution >= 4 is 8.03 Å². The second-order valence-electron chi connectivity index (χ2n) is 2.73. The maximum Gasteiger partial charge on any atom is 0.505 e. The maximum absolute atomic E-state index is 10.4. The Morgan fingerprint density at radius 1 is 1.55 bits per heavy atom. The molecule has 0 spiro atoms. The fraction of sp³-hybridized carbons (Fsp3) is 1.00. The molecule has 0 aromatic rings. The van der Waals surface area contributed by atoms with Crippen LogP contribution in [0.15, 0.2) is 0 Å². The predicted molar refractivity (Wildman–Crippen MR) is 44.8 cm³/mol. The largest absolute Gasteiger partial charge is 0.505 e. The van der Waals surface area contributed by atoms with Crippen LogP contribution in [0.5, 0.6) is 0 Å². The summed E-state index contributed by atoms with van der Waals surface area (Å²) >= 11 is 0. The molecule has 0 fully saturated rings. The van der Waals surface area contributed by atoms with Crippen molar-refractivity contribution in [3.05, 3.63) is 0 Å². The van der Waals surface area contributed by atoms with Gasteiger partial charge in [0, 0.05) is 5.92 Å². The number of rotatable bonds is 6. The highest BCUT2D eigenvalue weighted by Gasteiger charge is 2.19. The van der Waals surface area contributed by atoms with Gasteiger partial charge >= 0.3 is 8.03 Å². The van der Waals surface area contributed by atoms with Gasteiger partial charge in [-0.1, -0.05) is 19.8 Å².